The van der Waals surface area contributed by atoms with Crippen LogP contribution in [-0.2, 0) is 15.6 Å². The van der Waals surface area contributed by atoms with Gasteiger partial charge < -0.3 is 11.5 Å². The lowest BCUT2D eigenvalue weighted by atomic mass is 10.0. The maximum Gasteiger partial charge on any atom is 0.239 e. The van der Waals surface area contributed by atoms with Gasteiger partial charge in [-0.25, -0.2) is 17.7 Å². The molecule has 1 aromatic heterocycles. The zero-order chi connectivity index (χ0) is 17.7. The predicted octanol–water partition coefficient (Wildman–Crippen LogP) is 2.56. The first-order chi connectivity index (χ1) is 11.1. The lowest BCUT2D eigenvalue weighted by molar-refractivity contribution is 0.481. The molecule has 1 atom stereocenters. The number of thiophene rings is 1. The first kappa shape index (κ1) is 17.2. The molecule has 2 heterocycles. The maximum atomic E-state index is 12.4. The van der Waals surface area contributed by atoms with Crippen LogP contribution in [0.5, 0.6) is 0 Å². The van der Waals surface area contributed by atoms with Crippen LogP contribution in [0.3, 0.4) is 0 Å². The molecule has 0 radical (unpaired) electrons. The molecule has 3 rings (SSSR count). The number of nitrogens with two attached hydrogens (primary N) is 2. The lowest BCUT2D eigenvalue weighted by Crippen LogP contribution is -2.50. The minimum atomic E-state index is -3.50. The fraction of sp³-hybridized carbons (Fsp3) is 0.267. The molecular weight excluding hydrogens is 412 g/mol. The van der Waals surface area contributed by atoms with E-state index in [1.54, 1.807) is 6.92 Å². The molecular formula is C15H17BrN4O2S2. The second-order valence-electron chi connectivity index (χ2n) is 5.88. The zero-order valence-corrected chi connectivity index (χ0v) is 16.4. The summed E-state index contributed by atoms with van der Waals surface area (Å²) in [5.74, 6) is -0.137. The summed E-state index contributed by atoms with van der Waals surface area (Å²) >= 11 is 5.02. The number of sulfonamides is 1. The van der Waals surface area contributed by atoms with E-state index >= 15 is 0 Å². The molecule has 4 N–H and O–H groups in total. The molecule has 1 aliphatic rings. The summed E-state index contributed by atoms with van der Waals surface area (Å²) in [5, 5.41) is 0. The Morgan fingerprint density at radius 2 is 2.04 bits per heavy atom. The lowest BCUT2D eigenvalue weighted by Gasteiger charge is -2.33. The minimum absolute atomic E-state index is 0.00504. The largest absolute Gasteiger partial charge is 0.399 e. The second-order valence-corrected chi connectivity index (χ2v) is 9.79. The number of anilines is 1. The highest BCUT2D eigenvalue weighted by atomic mass is 79.9. The molecule has 6 nitrogen and oxygen atoms in total. The third-order valence-corrected chi connectivity index (χ3v) is 8.19. The van der Waals surface area contributed by atoms with Crippen molar-refractivity contribution in [3.05, 3.63) is 39.7 Å². The van der Waals surface area contributed by atoms with E-state index in [-0.39, 0.29) is 11.7 Å². The number of hydrogen-bond donors (Lipinski definition) is 2. The molecule has 9 heteroatoms. The van der Waals surface area contributed by atoms with E-state index in [0.29, 0.717) is 5.69 Å². The number of rotatable bonds is 2. The highest BCUT2D eigenvalue weighted by molar-refractivity contribution is 9.10. The Kier molecular flexibility index (Phi) is 4.13. The number of hydrogen-bond acceptors (Lipinski definition) is 6. The van der Waals surface area contributed by atoms with E-state index in [1.165, 1.54) is 18.4 Å². The van der Waals surface area contributed by atoms with Crippen LogP contribution >= 0.6 is 27.3 Å². The summed E-state index contributed by atoms with van der Waals surface area (Å²) in [5.41, 5.74) is 12.4. The Morgan fingerprint density at radius 3 is 2.67 bits per heavy atom. The van der Waals surface area contributed by atoms with Crippen molar-refractivity contribution < 1.29 is 8.42 Å². The van der Waals surface area contributed by atoms with Gasteiger partial charge in [-0.1, -0.05) is 12.1 Å². The normalized spacial score (nSPS) is 23.1. The summed E-state index contributed by atoms with van der Waals surface area (Å²) < 4.78 is 26.5. The van der Waals surface area contributed by atoms with Crippen molar-refractivity contribution in [1.29, 1.82) is 0 Å². The van der Waals surface area contributed by atoms with E-state index in [2.05, 4.69) is 20.9 Å². The van der Waals surface area contributed by atoms with Gasteiger partial charge in [-0.3, -0.25) is 0 Å². The van der Waals surface area contributed by atoms with E-state index in [1.807, 2.05) is 30.3 Å². The number of halogens is 1. The quantitative estimate of drug-likeness (QED) is 0.717. The van der Waals surface area contributed by atoms with Gasteiger partial charge in [0.2, 0.25) is 16.0 Å². The Labute approximate surface area is 153 Å². The van der Waals surface area contributed by atoms with Crippen molar-refractivity contribution in [2.24, 2.45) is 10.7 Å². The molecule has 128 valence electrons. The Balaban J connectivity index is 2.11. The van der Waals surface area contributed by atoms with Gasteiger partial charge >= 0.3 is 0 Å². The van der Waals surface area contributed by atoms with Crippen molar-refractivity contribution >= 4 is 48.9 Å². The molecule has 0 amide bonds. The molecule has 2 aromatic rings. The van der Waals surface area contributed by atoms with Crippen LogP contribution in [0.1, 0.15) is 11.8 Å². The summed E-state index contributed by atoms with van der Waals surface area (Å²) in [6.07, 6.45) is 0. The molecule has 0 spiro atoms. The van der Waals surface area contributed by atoms with Gasteiger partial charge in [0, 0.05) is 27.0 Å². The Morgan fingerprint density at radius 1 is 1.33 bits per heavy atom. The molecule has 0 bridgehead atoms. The van der Waals surface area contributed by atoms with Crippen molar-refractivity contribution in [3.8, 4) is 10.4 Å². The minimum Gasteiger partial charge on any atom is -0.399 e. The van der Waals surface area contributed by atoms with E-state index < -0.39 is 15.6 Å². The van der Waals surface area contributed by atoms with Crippen LogP contribution < -0.4 is 11.5 Å². The molecule has 0 saturated carbocycles. The van der Waals surface area contributed by atoms with Crippen LogP contribution in [0.25, 0.3) is 10.4 Å². The summed E-state index contributed by atoms with van der Waals surface area (Å²) in [7, 11) is -2.09. The van der Waals surface area contributed by atoms with E-state index in [0.717, 1.165) is 24.1 Å². The monoisotopic (exact) mass is 428 g/mol. The first-order valence-electron chi connectivity index (χ1n) is 7.10. The van der Waals surface area contributed by atoms with Crippen LogP contribution in [0, 0.1) is 0 Å². The van der Waals surface area contributed by atoms with Crippen LogP contribution in [0.4, 0.5) is 5.69 Å². The SMILES string of the molecule is CN1C(N)=N[C@](C)(c2sc(-c3cccc(N)c3)cc2Br)CS1(=O)=O. The zero-order valence-electron chi connectivity index (χ0n) is 13.2. The Bertz CT molecular complexity index is 939. The molecule has 1 aliphatic heterocycles. The molecule has 0 aliphatic carbocycles. The molecule has 24 heavy (non-hydrogen) atoms. The first-order valence-corrected chi connectivity index (χ1v) is 10.3. The fourth-order valence-corrected chi connectivity index (χ4v) is 6.35. The number of nitrogens with zero attached hydrogens (tertiary/aromatic N) is 2. The second kappa shape index (κ2) is 5.75. The summed E-state index contributed by atoms with van der Waals surface area (Å²) in [6, 6.07) is 9.51. The number of aliphatic imine (C=N–C) groups is 1. The molecule has 1 aromatic carbocycles. The molecule has 0 saturated heterocycles. The Hall–Kier alpha value is -1.58. The fourth-order valence-electron chi connectivity index (χ4n) is 2.64. The average molecular weight is 429 g/mol. The molecule has 0 unspecified atom stereocenters. The number of guanidine groups is 1. The van der Waals surface area contributed by atoms with Crippen molar-refractivity contribution in [1.82, 2.24) is 4.31 Å². The topological polar surface area (TPSA) is 102 Å². The third-order valence-electron chi connectivity index (χ3n) is 3.91. The standard InChI is InChI=1S/C15H17BrN4O2S2/c1-15(8-24(21,22)20(2)14(18)19-15)13-11(16)7-12(23-13)9-4-3-5-10(17)6-9/h3-7H,8,17H2,1-2H3,(H2,18,19)/t15-/m0/s1. The smallest absolute Gasteiger partial charge is 0.239 e. The highest BCUT2D eigenvalue weighted by Gasteiger charge is 2.42. The van der Waals surface area contributed by atoms with Crippen LogP contribution in [0.15, 0.2) is 39.8 Å². The van der Waals surface area contributed by atoms with Crippen molar-refractivity contribution in [2.75, 3.05) is 18.5 Å². The van der Waals surface area contributed by atoms with Gasteiger partial charge in [-0.15, -0.1) is 11.3 Å². The van der Waals surface area contributed by atoms with Gasteiger partial charge in [0.15, 0.2) is 0 Å². The third kappa shape index (κ3) is 2.91. The van der Waals surface area contributed by atoms with Crippen LogP contribution in [0.2, 0.25) is 0 Å². The van der Waals surface area contributed by atoms with Crippen LogP contribution in [-0.4, -0.2) is 31.5 Å². The average Bonchev–Trinajstić information content (AvgIpc) is 2.87. The van der Waals surface area contributed by atoms with Gasteiger partial charge in [-0.05, 0) is 46.6 Å². The number of benzene rings is 1. The summed E-state index contributed by atoms with van der Waals surface area (Å²) in [6.45, 7) is 1.78. The van der Waals surface area contributed by atoms with Gasteiger partial charge in [0.1, 0.15) is 5.54 Å². The molecule has 0 fully saturated rings. The van der Waals surface area contributed by atoms with Gasteiger partial charge in [0.05, 0.1) is 5.75 Å². The maximum absolute atomic E-state index is 12.4. The predicted molar refractivity (Wildman–Crippen MR) is 102 cm³/mol. The van der Waals surface area contributed by atoms with Crippen molar-refractivity contribution in [3.63, 3.8) is 0 Å². The van der Waals surface area contributed by atoms with E-state index in [4.69, 9.17) is 11.5 Å². The number of nitrogen functional groups attached to an aromatic ring is 1. The van der Waals surface area contributed by atoms with Gasteiger partial charge in [-0.2, -0.15) is 0 Å². The summed E-state index contributed by atoms with van der Waals surface area (Å²) in [4.78, 5) is 6.24. The van der Waals surface area contributed by atoms with Gasteiger partial charge in [0.25, 0.3) is 0 Å². The highest BCUT2D eigenvalue weighted by Crippen LogP contribution is 2.44. The van der Waals surface area contributed by atoms with E-state index in [9.17, 15) is 8.42 Å². The van der Waals surface area contributed by atoms with Crippen molar-refractivity contribution in [2.45, 2.75) is 12.5 Å².